The molecule has 2 rings (SSSR count). The summed E-state index contributed by atoms with van der Waals surface area (Å²) in [5.41, 5.74) is -0.376. The van der Waals surface area contributed by atoms with E-state index in [4.69, 9.17) is 14.9 Å². The van der Waals surface area contributed by atoms with Crippen molar-refractivity contribution >= 4 is 11.9 Å². The van der Waals surface area contributed by atoms with E-state index < -0.39 is 17.7 Å². The summed E-state index contributed by atoms with van der Waals surface area (Å²) >= 11 is 0. The molecule has 0 amide bonds. The number of phenolic OH excluding ortho intramolecular Hbond substituents is 1. The van der Waals surface area contributed by atoms with Gasteiger partial charge in [-0.3, -0.25) is 0 Å². The largest absolute Gasteiger partial charge is 0.508 e. The fourth-order valence-electron chi connectivity index (χ4n) is 1.21. The molecule has 92 valence electrons. The average molecular weight is 249 g/mol. The summed E-state index contributed by atoms with van der Waals surface area (Å²) in [7, 11) is 0. The van der Waals surface area contributed by atoms with Crippen molar-refractivity contribution in [1.29, 1.82) is 0 Å². The summed E-state index contributed by atoms with van der Waals surface area (Å²) in [5, 5.41) is 21.0. The monoisotopic (exact) mass is 249 g/mol. The fraction of sp³-hybridized carbons (Fsp3) is 0. The highest BCUT2D eigenvalue weighted by molar-refractivity contribution is 6.00. The van der Waals surface area contributed by atoms with Crippen molar-refractivity contribution in [2.45, 2.75) is 0 Å². The molecule has 2 N–H and O–H groups in total. The van der Waals surface area contributed by atoms with E-state index in [9.17, 15) is 9.59 Å². The summed E-state index contributed by atoms with van der Waals surface area (Å²) in [5.74, 6) is -2.65. The van der Waals surface area contributed by atoms with Crippen molar-refractivity contribution in [3.63, 3.8) is 0 Å². The van der Waals surface area contributed by atoms with Crippen LogP contribution in [0.4, 0.5) is 0 Å². The molecule has 7 heteroatoms. The van der Waals surface area contributed by atoms with Crippen LogP contribution in [0.1, 0.15) is 20.9 Å². The number of ether oxygens (including phenoxy) is 1. The van der Waals surface area contributed by atoms with Crippen LogP contribution in [0.25, 0.3) is 0 Å². The van der Waals surface area contributed by atoms with Crippen LogP contribution >= 0.6 is 0 Å². The van der Waals surface area contributed by atoms with Crippen LogP contribution in [0.5, 0.6) is 11.5 Å². The summed E-state index contributed by atoms with van der Waals surface area (Å²) in [6, 6.07) is 5.34. The van der Waals surface area contributed by atoms with Crippen LogP contribution in [0.3, 0.4) is 0 Å². The lowest BCUT2D eigenvalue weighted by Gasteiger charge is -2.02. The van der Waals surface area contributed by atoms with Crippen molar-refractivity contribution in [2.75, 3.05) is 0 Å². The van der Waals surface area contributed by atoms with Gasteiger partial charge >= 0.3 is 11.9 Å². The van der Waals surface area contributed by atoms with Gasteiger partial charge < -0.3 is 19.5 Å². The minimum atomic E-state index is -1.34. The van der Waals surface area contributed by atoms with E-state index >= 15 is 0 Å². The Bertz CT molecular complexity index is 586. The standard InChI is InChI=1S/C11H7NO6/c13-6-1-3-7(4-2-6)17-11(16)9-8(10(14)15)5-12-18-9/h1-5,13H,(H,14,15). The van der Waals surface area contributed by atoms with Gasteiger partial charge in [0.05, 0.1) is 6.20 Å². The SMILES string of the molecule is O=C(O)c1cnoc1C(=O)Oc1ccc(O)cc1. The van der Waals surface area contributed by atoms with Crippen molar-refractivity contribution in [2.24, 2.45) is 0 Å². The van der Waals surface area contributed by atoms with Crippen LogP contribution in [-0.4, -0.2) is 27.3 Å². The topological polar surface area (TPSA) is 110 Å². The minimum Gasteiger partial charge on any atom is -0.508 e. The van der Waals surface area contributed by atoms with Gasteiger partial charge in [-0.15, -0.1) is 0 Å². The molecule has 0 bridgehead atoms. The third-order valence-electron chi connectivity index (χ3n) is 2.03. The van der Waals surface area contributed by atoms with Crippen molar-refractivity contribution in [3.8, 4) is 11.5 Å². The first kappa shape index (κ1) is 11.6. The van der Waals surface area contributed by atoms with Crippen molar-refractivity contribution < 1.29 is 29.1 Å². The summed E-state index contributed by atoms with van der Waals surface area (Å²) in [4.78, 5) is 22.3. The highest BCUT2D eigenvalue weighted by Crippen LogP contribution is 2.18. The molecule has 0 atom stereocenters. The number of esters is 1. The Morgan fingerprint density at radius 2 is 1.89 bits per heavy atom. The molecule has 1 heterocycles. The predicted octanol–water partition coefficient (Wildman–Crippen LogP) is 1.30. The van der Waals surface area contributed by atoms with Gasteiger partial charge in [0.1, 0.15) is 17.1 Å². The van der Waals surface area contributed by atoms with Gasteiger partial charge in [-0.25, -0.2) is 9.59 Å². The van der Waals surface area contributed by atoms with Crippen LogP contribution in [0.15, 0.2) is 35.0 Å². The van der Waals surface area contributed by atoms with E-state index in [1.807, 2.05) is 0 Å². The van der Waals surface area contributed by atoms with E-state index in [1.165, 1.54) is 24.3 Å². The number of carboxylic acids is 1. The first-order chi connectivity index (χ1) is 8.58. The van der Waals surface area contributed by atoms with E-state index in [0.717, 1.165) is 6.20 Å². The second-order valence-corrected chi connectivity index (χ2v) is 3.26. The molecule has 0 saturated carbocycles. The fourth-order valence-corrected chi connectivity index (χ4v) is 1.21. The number of benzene rings is 1. The number of aromatic carboxylic acids is 1. The van der Waals surface area contributed by atoms with Gasteiger partial charge in [-0.05, 0) is 24.3 Å². The van der Waals surface area contributed by atoms with E-state index in [2.05, 4.69) is 9.68 Å². The third-order valence-corrected chi connectivity index (χ3v) is 2.03. The van der Waals surface area contributed by atoms with Crippen molar-refractivity contribution in [3.05, 3.63) is 41.8 Å². The van der Waals surface area contributed by atoms with Gasteiger partial charge in [0.15, 0.2) is 0 Å². The zero-order valence-electron chi connectivity index (χ0n) is 8.86. The Kier molecular flexibility index (Phi) is 2.96. The molecule has 0 spiro atoms. The quantitative estimate of drug-likeness (QED) is 0.623. The summed E-state index contributed by atoms with van der Waals surface area (Å²) in [6.45, 7) is 0. The van der Waals surface area contributed by atoms with E-state index in [1.54, 1.807) is 0 Å². The number of aromatic hydroxyl groups is 1. The maximum atomic E-state index is 11.6. The number of carbonyl (C=O) groups is 2. The van der Waals surface area contributed by atoms with Crippen molar-refractivity contribution in [1.82, 2.24) is 5.16 Å². The number of aromatic nitrogens is 1. The Balaban J connectivity index is 2.19. The molecule has 0 aliphatic carbocycles. The molecule has 1 aromatic heterocycles. The number of hydrogen-bond acceptors (Lipinski definition) is 6. The molecule has 0 unspecified atom stereocenters. The highest BCUT2D eigenvalue weighted by Gasteiger charge is 2.23. The lowest BCUT2D eigenvalue weighted by molar-refractivity contribution is 0.0644. The molecule has 1 aromatic carbocycles. The van der Waals surface area contributed by atoms with Gasteiger partial charge in [0.2, 0.25) is 0 Å². The molecule has 0 saturated heterocycles. The normalized spacial score (nSPS) is 10.0. The number of carbonyl (C=O) groups excluding carboxylic acids is 1. The second-order valence-electron chi connectivity index (χ2n) is 3.26. The number of hydrogen-bond donors (Lipinski definition) is 2. The van der Waals surface area contributed by atoms with Crippen LogP contribution < -0.4 is 4.74 Å². The van der Waals surface area contributed by atoms with Crippen LogP contribution in [0, 0.1) is 0 Å². The first-order valence-electron chi connectivity index (χ1n) is 4.77. The van der Waals surface area contributed by atoms with E-state index in [0.29, 0.717) is 0 Å². The van der Waals surface area contributed by atoms with Gasteiger partial charge in [0, 0.05) is 0 Å². The zero-order chi connectivity index (χ0) is 13.1. The number of phenols is 1. The van der Waals surface area contributed by atoms with Gasteiger partial charge in [-0.2, -0.15) is 0 Å². The van der Waals surface area contributed by atoms with Crippen LogP contribution in [-0.2, 0) is 0 Å². The lowest BCUT2D eigenvalue weighted by Crippen LogP contribution is -2.11. The molecule has 0 fully saturated rings. The Hall–Kier alpha value is -2.83. The zero-order valence-corrected chi connectivity index (χ0v) is 8.86. The molecular formula is C11H7NO6. The Labute approximate surface area is 100 Å². The van der Waals surface area contributed by atoms with Crippen LogP contribution in [0.2, 0.25) is 0 Å². The lowest BCUT2D eigenvalue weighted by atomic mass is 10.2. The molecule has 0 aliphatic heterocycles. The molecule has 0 radical (unpaired) electrons. The second kappa shape index (κ2) is 4.58. The number of rotatable bonds is 3. The molecule has 18 heavy (non-hydrogen) atoms. The Morgan fingerprint density at radius 1 is 1.22 bits per heavy atom. The maximum absolute atomic E-state index is 11.6. The number of carboxylic acid groups (broad SMARTS) is 1. The highest BCUT2D eigenvalue weighted by atomic mass is 16.6. The van der Waals surface area contributed by atoms with E-state index in [-0.39, 0.29) is 17.1 Å². The maximum Gasteiger partial charge on any atom is 0.383 e. The smallest absolute Gasteiger partial charge is 0.383 e. The van der Waals surface area contributed by atoms with Gasteiger partial charge in [-0.1, -0.05) is 5.16 Å². The third kappa shape index (κ3) is 2.29. The number of nitrogens with zero attached hydrogens (tertiary/aromatic N) is 1. The molecular weight excluding hydrogens is 242 g/mol. The first-order valence-corrected chi connectivity index (χ1v) is 4.77. The summed E-state index contributed by atoms with van der Waals surface area (Å²) < 4.78 is 9.39. The average Bonchev–Trinajstić information content (AvgIpc) is 2.81. The molecule has 2 aromatic rings. The van der Waals surface area contributed by atoms with Gasteiger partial charge in [0.25, 0.3) is 5.76 Å². The molecule has 0 aliphatic rings. The molecule has 7 nitrogen and oxygen atoms in total. The summed E-state index contributed by atoms with van der Waals surface area (Å²) in [6.07, 6.45) is 0.912. The Morgan fingerprint density at radius 3 is 2.50 bits per heavy atom. The predicted molar refractivity (Wildman–Crippen MR) is 56.5 cm³/mol. The minimum absolute atomic E-state index is 0.0145.